The number of hydrogen-bond acceptors (Lipinski definition) is 2. The molecule has 0 atom stereocenters. The topological polar surface area (TPSA) is 46.9 Å². The van der Waals surface area contributed by atoms with Crippen LogP contribution < -0.4 is 5.32 Å². The van der Waals surface area contributed by atoms with Gasteiger partial charge >= 0.3 is 6.03 Å². The largest absolute Gasteiger partial charge is 0.331 e. The molecule has 0 saturated heterocycles. The highest BCUT2D eigenvalue weighted by Gasteiger charge is 2.10. The van der Waals surface area contributed by atoms with Crippen LogP contribution in [0.15, 0.2) is 36.9 Å². The van der Waals surface area contributed by atoms with E-state index in [1.165, 1.54) is 35.4 Å². The molecule has 0 aliphatic carbocycles. The summed E-state index contributed by atoms with van der Waals surface area (Å²) in [4.78, 5) is 15.2. The number of halogens is 2. The third kappa shape index (κ3) is 2.04. The van der Waals surface area contributed by atoms with E-state index in [2.05, 4.69) is 10.3 Å². The van der Waals surface area contributed by atoms with E-state index < -0.39 is 11.8 Å². The van der Waals surface area contributed by atoms with E-state index in [1.54, 1.807) is 6.07 Å². The summed E-state index contributed by atoms with van der Waals surface area (Å²) >= 11 is 5.58. The van der Waals surface area contributed by atoms with Crippen LogP contribution in [0.5, 0.6) is 0 Å². The fourth-order valence-electron chi connectivity index (χ4n) is 1.16. The third-order valence-corrected chi connectivity index (χ3v) is 2.22. The molecule has 4 nitrogen and oxygen atoms in total. The molecule has 0 aliphatic rings. The number of rotatable bonds is 1. The van der Waals surface area contributed by atoms with Crippen LogP contribution >= 0.6 is 11.6 Å². The predicted octanol–water partition coefficient (Wildman–Crippen LogP) is 2.76. The Morgan fingerprint density at radius 1 is 1.50 bits per heavy atom. The van der Waals surface area contributed by atoms with Crippen molar-refractivity contribution in [3.8, 4) is 0 Å². The monoisotopic (exact) mass is 239 g/mol. The molecule has 6 heteroatoms. The van der Waals surface area contributed by atoms with Crippen molar-refractivity contribution in [2.45, 2.75) is 0 Å². The maximum absolute atomic E-state index is 13.4. The van der Waals surface area contributed by atoms with E-state index in [0.29, 0.717) is 0 Å². The fourth-order valence-corrected chi connectivity index (χ4v) is 1.33. The van der Waals surface area contributed by atoms with Gasteiger partial charge in [-0.25, -0.2) is 14.2 Å². The Morgan fingerprint density at radius 2 is 2.31 bits per heavy atom. The molecule has 0 fully saturated rings. The van der Waals surface area contributed by atoms with Crippen molar-refractivity contribution in [2.75, 3.05) is 5.32 Å². The highest BCUT2D eigenvalue weighted by Crippen LogP contribution is 2.21. The summed E-state index contributed by atoms with van der Waals surface area (Å²) in [6.45, 7) is 0. The van der Waals surface area contributed by atoms with Crippen LogP contribution in [0.2, 0.25) is 5.02 Å². The molecule has 1 N–H and O–H groups in total. The average Bonchev–Trinajstić information content (AvgIpc) is 2.78. The molecule has 0 saturated carbocycles. The van der Waals surface area contributed by atoms with Crippen LogP contribution in [0.25, 0.3) is 0 Å². The van der Waals surface area contributed by atoms with E-state index in [-0.39, 0.29) is 10.7 Å². The number of imidazole rings is 1. The van der Waals surface area contributed by atoms with E-state index in [4.69, 9.17) is 11.6 Å². The lowest BCUT2D eigenvalue weighted by molar-refractivity contribution is 0.253. The predicted molar refractivity (Wildman–Crippen MR) is 58.1 cm³/mol. The molecule has 0 aliphatic heterocycles. The van der Waals surface area contributed by atoms with E-state index >= 15 is 0 Å². The minimum Gasteiger partial charge on any atom is -0.304 e. The van der Waals surface area contributed by atoms with Gasteiger partial charge in [0.15, 0.2) is 5.82 Å². The maximum Gasteiger partial charge on any atom is 0.331 e. The van der Waals surface area contributed by atoms with E-state index in [9.17, 15) is 9.18 Å². The Kier molecular flexibility index (Phi) is 2.87. The number of amides is 1. The first-order valence-corrected chi connectivity index (χ1v) is 4.79. The molecule has 1 aromatic carbocycles. The zero-order valence-corrected chi connectivity index (χ0v) is 8.78. The normalized spacial score (nSPS) is 10.1. The van der Waals surface area contributed by atoms with Crippen LogP contribution in [-0.4, -0.2) is 15.6 Å². The molecule has 16 heavy (non-hydrogen) atoms. The summed E-state index contributed by atoms with van der Waals surface area (Å²) in [5, 5.41) is 2.34. The van der Waals surface area contributed by atoms with Crippen molar-refractivity contribution in [3.05, 3.63) is 47.8 Å². The smallest absolute Gasteiger partial charge is 0.304 e. The summed E-state index contributed by atoms with van der Waals surface area (Å²) in [7, 11) is 0. The molecule has 1 heterocycles. The highest BCUT2D eigenvalue weighted by molar-refractivity contribution is 6.31. The molecule has 0 spiro atoms. The second-order valence-corrected chi connectivity index (χ2v) is 3.41. The SMILES string of the molecule is O=C(Nc1cccc(Cl)c1F)n1ccnc1. The van der Waals surface area contributed by atoms with Crippen molar-refractivity contribution < 1.29 is 9.18 Å². The van der Waals surface area contributed by atoms with E-state index in [1.807, 2.05) is 0 Å². The molecule has 2 aromatic rings. The van der Waals surface area contributed by atoms with Gasteiger partial charge in [-0.3, -0.25) is 4.57 Å². The molecule has 2 rings (SSSR count). The zero-order valence-electron chi connectivity index (χ0n) is 8.02. The molecular formula is C10H7ClFN3O. The summed E-state index contributed by atoms with van der Waals surface area (Å²) in [5.41, 5.74) is 0.0335. The van der Waals surface area contributed by atoms with Gasteiger partial charge in [0.25, 0.3) is 0 Å². The lowest BCUT2D eigenvalue weighted by Crippen LogP contribution is -2.18. The lowest BCUT2D eigenvalue weighted by atomic mass is 10.3. The zero-order chi connectivity index (χ0) is 11.5. The quantitative estimate of drug-likeness (QED) is 0.832. The first-order chi connectivity index (χ1) is 7.68. The molecule has 0 unspecified atom stereocenters. The van der Waals surface area contributed by atoms with Gasteiger partial charge in [-0.05, 0) is 12.1 Å². The van der Waals surface area contributed by atoms with Crippen LogP contribution in [-0.2, 0) is 0 Å². The number of nitrogens with one attached hydrogen (secondary N) is 1. The second kappa shape index (κ2) is 4.32. The first kappa shape index (κ1) is 10.6. The highest BCUT2D eigenvalue weighted by atomic mass is 35.5. The van der Waals surface area contributed by atoms with Crippen LogP contribution in [0.3, 0.4) is 0 Å². The van der Waals surface area contributed by atoms with Crippen LogP contribution in [0.1, 0.15) is 0 Å². The molecule has 1 aromatic heterocycles. The number of carbonyl (C=O) groups is 1. The number of nitrogens with zero attached hydrogens (tertiary/aromatic N) is 2. The van der Waals surface area contributed by atoms with Crippen molar-refractivity contribution in [1.29, 1.82) is 0 Å². The number of anilines is 1. The maximum atomic E-state index is 13.4. The number of hydrogen-bond donors (Lipinski definition) is 1. The standard InChI is InChI=1S/C10H7ClFN3O/c11-7-2-1-3-8(9(7)12)14-10(16)15-5-4-13-6-15/h1-6H,(H,14,16). The Labute approximate surface area is 95.7 Å². The number of benzene rings is 1. The summed E-state index contributed by atoms with van der Waals surface area (Å²) in [6.07, 6.45) is 4.23. The Balaban J connectivity index is 2.22. The van der Waals surface area contributed by atoms with Gasteiger partial charge in [0, 0.05) is 12.4 Å². The summed E-state index contributed by atoms with van der Waals surface area (Å²) in [6, 6.07) is 3.88. The van der Waals surface area contributed by atoms with Gasteiger partial charge in [0.2, 0.25) is 0 Å². The fraction of sp³-hybridized carbons (Fsp3) is 0. The van der Waals surface area contributed by atoms with Crippen LogP contribution in [0.4, 0.5) is 14.9 Å². The molecule has 1 amide bonds. The van der Waals surface area contributed by atoms with Gasteiger partial charge in [0.05, 0.1) is 10.7 Å². The van der Waals surface area contributed by atoms with Gasteiger partial charge in [0.1, 0.15) is 6.33 Å². The average molecular weight is 240 g/mol. The summed E-state index contributed by atoms with van der Waals surface area (Å²) in [5.74, 6) is -0.655. The molecule has 82 valence electrons. The Hall–Kier alpha value is -1.88. The van der Waals surface area contributed by atoms with Crippen molar-refractivity contribution in [2.24, 2.45) is 0 Å². The van der Waals surface area contributed by atoms with Gasteiger partial charge in [-0.15, -0.1) is 0 Å². The minimum absolute atomic E-state index is 0.0335. The van der Waals surface area contributed by atoms with Gasteiger partial charge in [-0.1, -0.05) is 17.7 Å². The lowest BCUT2D eigenvalue weighted by Gasteiger charge is -2.06. The second-order valence-electron chi connectivity index (χ2n) is 3.00. The van der Waals surface area contributed by atoms with Gasteiger partial charge < -0.3 is 5.32 Å². The summed E-state index contributed by atoms with van der Waals surface area (Å²) < 4.78 is 14.6. The van der Waals surface area contributed by atoms with Crippen molar-refractivity contribution >= 4 is 23.3 Å². The molecular weight excluding hydrogens is 233 g/mol. The Bertz CT molecular complexity index is 513. The molecule has 0 bridgehead atoms. The van der Waals surface area contributed by atoms with Crippen molar-refractivity contribution in [3.63, 3.8) is 0 Å². The molecule has 0 radical (unpaired) electrons. The third-order valence-electron chi connectivity index (χ3n) is 1.93. The minimum atomic E-state index is -0.655. The van der Waals surface area contributed by atoms with Crippen LogP contribution in [0, 0.1) is 5.82 Å². The number of carbonyl (C=O) groups excluding carboxylic acids is 1. The number of aromatic nitrogens is 2. The van der Waals surface area contributed by atoms with Crippen molar-refractivity contribution in [1.82, 2.24) is 9.55 Å². The Morgan fingerprint density at radius 3 is 3.00 bits per heavy atom. The van der Waals surface area contributed by atoms with E-state index in [0.717, 1.165) is 0 Å². The van der Waals surface area contributed by atoms with Gasteiger partial charge in [-0.2, -0.15) is 0 Å². The first-order valence-electron chi connectivity index (χ1n) is 4.42.